The van der Waals surface area contributed by atoms with Crippen molar-refractivity contribution < 1.29 is 4.74 Å². The van der Waals surface area contributed by atoms with E-state index in [0.717, 1.165) is 33.7 Å². The Hall–Kier alpha value is -2.42. The van der Waals surface area contributed by atoms with Gasteiger partial charge in [-0.15, -0.1) is 0 Å². The molecular formula is C16H14N2O. The molecule has 0 aliphatic rings. The summed E-state index contributed by atoms with van der Waals surface area (Å²) in [4.78, 5) is 9.08. The first-order valence-corrected chi connectivity index (χ1v) is 6.15. The Morgan fingerprint density at radius 3 is 2.63 bits per heavy atom. The van der Waals surface area contributed by atoms with Gasteiger partial charge >= 0.3 is 0 Å². The summed E-state index contributed by atoms with van der Waals surface area (Å²) in [5.74, 6) is 0.830. The molecule has 0 amide bonds. The SMILES string of the molecule is COc1cccc(-c2ccc3ccc(C)nc3n2)c1. The molecule has 94 valence electrons. The van der Waals surface area contributed by atoms with Gasteiger partial charge in [0.25, 0.3) is 0 Å². The van der Waals surface area contributed by atoms with E-state index in [1.807, 2.05) is 55.5 Å². The molecule has 3 rings (SSSR count). The highest BCUT2D eigenvalue weighted by Crippen LogP contribution is 2.23. The molecule has 0 saturated heterocycles. The van der Waals surface area contributed by atoms with E-state index in [-0.39, 0.29) is 0 Å². The molecule has 0 spiro atoms. The molecule has 0 fully saturated rings. The quantitative estimate of drug-likeness (QED) is 0.696. The maximum Gasteiger partial charge on any atom is 0.160 e. The molecule has 3 aromatic rings. The lowest BCUT2D eigenvalue weighted by atomic mass is 10.1. The number of methoxy groups -OCH3 is 1. The molecule has 0 saturated carbocycles. The largest absolute Gasteiger partial charge is 0.497 e. The van der Waals surface area contributed by atoms with Crippen molar-refractivity contribution in [3.8, 4) is 17.0 Å². The van der Waals surface area contributed by atoms with Gasteiger partial charge in [0.1, 0.15) is 5.75 Å². The minimum atomic E-state index is 0.778. The average molecular weight is 250 g/mol. The van der Waals surface area contributed by atoms with Crippen LogP contribution in [-0.2, 0) is 0 Å². The van der Waals surface area contributed by atoms with Gasteiger partial charge in [-0.25, -0.2) is 9.97 Å². The molecule has 0 N–H and O–H groups in total. The summed E-state index contributed by atoms with van der Waals surface area (Å²) in [5, 5.41) is 1.05. The Bertz CT molecular complexity index is 738. The van der Waals surface area contributed by atoms with Crippen molar-refractivity contribution in [2.45, 2.75) is 6.92 Å². The normalized spacial score (nSPS) is 10.6. The van der Waals surface area contributed by atoms with Gasteiger partial charge in [-0.1, -0.05) is 12.1 Å². The van der Waals surface area contributed by atoms with E-state index in [0.29, 0.717) is 0 Å². The lowest BCUT2D eigenvalue weighted by Gasteiger charge is -2.05. The first-order valence-electron chi connectivity index (χ1n) is 6.15. The van der Waals surface area contributed by atoms with Gasteiger partial charge in [-0.2, -0.15) is 0 Å². The predicted molar refractivity (Wildman–Crippen MR) is 76.3 cm³/mol. The molecule has 0 unspecified atom stereocenters. The fraction of sp³-hybridized carbons (Fsp3) is 0.125. The third-order valence-electron chi connectivity index (χ3n) is 3.06. The number of hydrogen-bond acceptors (Lipinski definition) is 3. The molecule has 3 nitrogen and oxygen atoms in total. The highest BCUT2D eigenvalue weighted by Gasteiger charge is 2.03. The highest BCUT2D eigenvalue weighted by molar-refractivity contribution is 5.78. The van der Waals surface area contributed by atoms with Crippen LogP contribution in [0.25, 0.3) is 22.3 Å². The molecule has 2 heterocycles. The Kier molecular flexibility index (Phi) is 2.88. The second-order valence-electron chi connectivity index (χ2n) is 4.43. The van der Waals surface area contributed by atoms with Gasteiger partial charge in [0.15, 0.2) is 5.65 Å². The molecule has 0 aliphatic heterocycles. The van der Waals surface area contributed by atoms with Crippen LogP contribution in [0, 0.1) is 6.92 Å². The third-order valence-corrected chi connectivity index (χ3v) is 3.06. The molecule has 0 bridgehead atoms. The van der Waals surface area contributed by atoms with Crippen molar-refractivity contribution in [1.82, 2.24) is 9.97 Å². The van der Waals surface area contributed by atoms with Crippen LogP contribution in [0.2, 0.25) is 0 Å². The van der Waals surface area contributed by atoms with Crippen molar-refractivity contribution >= 4 is 11.0 Å². The van der Waals surface area contributed by atoms with E-state index in [4.69, 9.17) is 4.74 Å². The molecular weight excluding hydrogens is 236 g/mol. The van der Waals surface area contributed by atoms with Crippen molar-refractivity contribution in [3.05, 3.63) is 54.2 Å². The molecule has 0 atom stereocenters. The first-order chi connectivity index (χ1) is 9.26. The van der Waals surface area contributed by atoms with Gasteiger partial charge in [-0.3, -0.25) is 0 Å². The second kappa shape index (κ2) is 4.69. The monoisotopic (exact) mass is 250 g/mol. The molecule has 1 aromatic carbocycles. The summed E-state index contributed by atoms with van der Waals surface area (Å²) in [6.07, 6.45) is 0. The molecule has 19 heavy (non-hydrogen) atoms. The maximum absolute atomic E-state index is 5.24. The van der Waals surface area contributed by atoms with Gasteiger partial charge in [0.2, 0.25) is 0 Å². The van der Waals surface area contributed by atoms with E-state index in [1.165, 1.54) is 0 Å². The van der Waals surface area contributed by atoms with Crippen molar-refractivity contribution in [1.29, 1.82) is 0 Å². The topological polar surface area (TPSA) is 35.0 Å². The van der Waals surface area contributed by atoms with Gasteiger partial charge < -0.3 is 4.74 Å². The number of hydrogen-bond donors (Lipinski definition) is 0. The van der Waals surface area contributed by atoms with E-state index in [9.17, 15) is 0 Å². The van der Waals surface area contributed by atoms with Crippen LogP contribution < -0.4 is 4.74 Å². The van der Waals surface area contributed by atoms with E-state index in [2.05, 4.69) is 9.97 Å². The molecule has 2 aromatic heterocycles. The van der Waals surface area contributed by atoms with Gasteiger partial charge in [0, 0.05) is 16.6 Å². The van der Waals surface area contributed by atoms with Crippen LogP contribution in [0.4, 0.5) is 0 Å². The number of aryl methyl sites for hydroxylation is 1. The van der Waals surface area contributed by atoms with Crippen LogP contribution in [-0.4, -0.2) is 17.1 Å². The van der Waals surface area contributed by atoms with Crippen LogP contribution in [0.5, 0.6) is 5.75 Å². The zero-order valence-electron chi connectivity index (χ0n) is 10.9. The fourth-order valence-electron chi connectivity index (χ4n) is 2.04. The summed E-state index contributed by atoms with van der Waals surface area (Å²) >= 11 is 0. The summed E-state index contributed by atoms with van der Waals surface area (Å²) in [7, 11) is 1.66. The average Bonchev–Trinajstić information content (AvgIpc) is 2.46. The summed E-state index contributed by atoms with van der Waals surface area (Å²) < 4.78 is 5.24. The summed E-state index contributed by atoms with van der Waals surface area (Å²) in [5.41, 5.74) is 3.69. The standard InChI is InChI=1S/C16H14N2O/c1-11-6-7-12-8-9-15(18-16(12)17-11)13-4-3-5-14(10-13)19-2/h3-10H,1-2H3. The Morgan fingerprint density at radius 2 is 1.79 bits per heavy atom. The fourth-order valence-corrected chi connectivity index (χ4v) is 2.04. The Labute approximate surface area is 111 Å². The summed E-state index contributed by atoms with van der Waals surface area (Å²) in [6.45, 7) is 1.97. The van der Waals surface area contributed by atoms with Crippen molar-refractivity contribution in [3.63, 3.8) is 0 Å². The first kappa shape index (κ1) is 11.7. The smallest absolute Gasteiger partial charge is 0.160 e. The van der Waals surface area contributed by atoms with Crippen molar-refractivity contribution in [2.24, 2.45) is 0 Å². The van der Waals surface area contributed by atoms with Gasteiger partial charge in [-0.05, 0) is 43.3 Å². The number of fused-ring (bicyclic) bond motifs is 1. The van der Waals surface area contributed by atoms with Crippen molar-refractivity contribution in [2.75, 3.05) is 7.11 Å². The van der Waals surface area contributed by atoms with E-state index in [1.54, 1.807) is 7.11 Å². The molecule has 3 heteroatoms. The predicted octanol–water partition coefficient (Wildman–Crippen LogP) is 3.61. The zero-order valence-corrected chi connectivity index (χ0v) is 10.9. The second-order valence-corrected chi connectivity index (χ2v) is 4.43. The van der Waals surface area contributed by atoms with Crippen LogP contribution in [0.3, 0.4) is 0 Å². The lowest BCUT2D eigenvalue weighted by Crippen LogP contribution is -1.90. The number of ether oxygens (including phenoxy) is 1. The Balaban J connectivity index is 2.13. The van der Waals surface area contributed by atoms with Gasteiger partial charge in [0.05, 0.1) is 12.8 Å². The minimum Gasteiger partial charge on any atom is -0.497 e. The highest BCUT2D eigenvalue weighted by atomic mass is 16.5. The van der Waals surface area contributed by atoms with Crippen LogP contribution >= 0.6 is 0 Å². The zero-order chi connectivity index (χ0) is 13.2. The third kappa shape index (κ3) is 2.27. The lowest BCUT2D eigenvalue weighted by molar-refractivity contribution is 0.415. The molecule has 0 aliphatic carbocycles. The minimum absolute atomic E-state index is 0.778. The Morgan fingerprint density at radius 1 is 0.947 bits per heavy atom. The maximum atomic E-state index is 5.24. The number of benzene rings is 1. The van der Waals surface area contributed by atoms with Crippen LogP contribution in [0.1, 0.15) is 5.69 Å². The number of rotatable bonds is 2. The number of aromatic nitrogens is 2. The number of nitrogens with zero attached hydrogens (tertiary/aromatic N) is 2. The summed E-state index contributed by atoms with van der Waals surface area (Å²) in [6, 6.07) is 16.0. The van der Waals surface area contributed by atoms with E-state index < -0.39 is 0 Å². The molecule has 0 radical (unpaired) electrons. The number of pyridine rings is 2. The van der Waals surface area contributed by atoms with Crippen LogP contribution in [0.15, 0.2) is 48.5 Å². The van der Waals surface area contributed by atoms with E-state index >= 15 is 0 Å².